The third-order valence-corrected chi connectivity index (χ3v) is 3.30. The van der Waals surface area contributed by atoms with Crippen LogP contribution in [-0.4, -0.2) is 5.78 Å². The van der Waals surface area contributed by atoms with E-state index in [9.17, 15) is 4.79 Å². The number of fused-ring (bicyclic) bond motifs is 1. The second kappa shape index (κ2) is 4.28. The number of halogens is 1. The van der Waals surface area contributed by atoms with E-state index >= 15 is 0 Å². The number of para-hydroxylation sites is 1. The zero-order valence-corrected chi connectivity index (χ0v) is 11.2. The van der Waals surface area contributed by atoms with Crippen LogP contribution in [0.3, 0.4) is 0 Å². The number of hydrogen-bond acceptors (Lipinski definition) is 3. The summed E-state index contributed by atoms with van der Waals surface area (Å²) >= 11 is 6.03. The van der Waals surface area contributed by atoms with Gasteiger partial charge in [-0.2, -0.15) is 0 Å². The summed E-state index contributed by atoms with van der Waals surface area (Å²) in [7, 11) is 0. The highest BCUT2D eigenvalue weighted by molar-refractivity contribution is 6.35. The molecule has 0 bridgehead atoms. The number of carbonyl (C=O) groups excluding carboxylic acids is 1. The molecule has 19 heavy (non-hydrogen) atoms. The van der Waals surface area contributed by atoms with Crippen LogP contribution in [0.1, 0.15) is 27.6 Å². The fourth-order valence-corrected chi connectivity index (χ4v) is 2.35. The summed E-state index contributed by atoms with van der Waals surface area (Å²) in [6, 6.07) is 8.82. The van der Waals surface area contributed by atoms with E-state index in [1.165, 1.54) is 0 Å². The number of furan rings is 2. The molecule has 3 rings (SSSR count). The first-order chi connectivity index (χ1) is 9.06. The lowest BCUT2D eigenvalue weighted by atomic mass is 10.1. The van der Waals surface area contributed by atoms with Crippen molar-refractivity contribution in [1.82, 2.24) is 0 Å². The van der Waals surface area contributed by atoms with E-state index in [1.807, 2.05) is 12.1 Å². The third-order valence-electron chi connectivity index (χ3n) is 3.01. The van der Waals surface area contributed by atoms with Gasteiger partial charge in [0.2, 0.25) is 5.78 Å². The molecule has 3 nitrogen and oxygen atoms in total. The van der Waals surface area contributed by atoms with Crippen LogP contribution < -0.4 is 0 Å². The molecule has 0 saturated heterocycles. The van der Waals surface area contributed by atoms with Crippen LogP contribution in [0.4, 0.5) is 0 Å². The number of hydrogen-bond donors (Lipinski definition) is 0. The maximum Gasteiger partial charge on any atom is 0.231 e. The second-order valence-electron chi connectivity index (χ2n) is 4.42. The predicted molar refractivity (Wildman–Crippen MR) is 72.8 cm³/mol. The third kappa shape index (κ3) is 1.96. The molecule has 1 aromatic carbocycles. The van der Waals surface area contributed by atoms with Gasteiger partial charge < -0.3 is 8.83 Å². The van der Waals surface area contributed by atoms with Crippen molar-refractivity contribution in [3.8, 4) is 0 Å². The Morgan fingerprint density at radius 2 is 1.95 bits per heavy atom. The van der Waals surface area contributed by atoms with Gasteiger partial charge in [-0.05, 0) is 32.0 Å². The molecule has 0 N–H and O–H groups in total. The zero-order valence-electron chi connectivity index (χ0n) is 10.5. The molecule has 2 aromatic heterocycles. The maximum atomic E-state index is 12.4. The molecule has 0 fully saturated rings. The summed E-state index contributed by atoms with van der Waals surface area (Å²) in [4.78, 5) is 12.4. The first-order valence-corrected chi connectivity index (χ1v) is 6.24. The molecule has 0 spiro atoms. The monoisotopic (exact) mass is 274 g/mol. The van der Waals surface area contributed by atoms with E-state index < -0.39 is 0 Å². The molecule has 4 heteroatoms. The van der Waals surface area contributed by atoms with E-state index in [0.29, 0.717) is 27.7 Å². The van der Waals surface area contributed by atoms with Gasteiger partial charge in [0, 0.05) is 5.39 Å². The van der Waals surface area contributed by atoms with Gasteiger partial charge >= 0.3 is 0 Å². The SMILES string of the molecule is Cc1cc(C(=O)c2cc3cccc(Cl)c3o2)c(C)o1. The highest BCUT2D eigenvalue weighted by Gasteiger charge is 2.20. The smallest absolute Gasteiger partial charge is 0.231 e. The molecule has 0 amide bonds. The summed E-state index contributed by atoms with van der Waals surface area (Å²) in [5.41, 5.74) is 1.05. The standard InChI is InChI=1S/C15H11ClO3/c1-8-6-11(9(2)18-8)14(17)13-7-10-4-3-5-12(16)15(10)19-13/h3-7H,1-2H3. The first-order valence-electron chi connectivity index (χ1n) is 5.86. The molecular weight excluding hydrogens is 264 g/mol. The second-order valence-corrected chi connectivity index (χ2v) is 4.83. The average Bonchev–Trinajstić information content (AvgIpc) is 2.93. The van der Waals surface area contributed by atoms with Crippen LogP contribution in [-0.2, 0) is 0 Å². The topological polar surface area (TPSA) is 43.4 Å². The lowest BCUT2D eigenvalue weighted by molar-refractivity contribution is 0.101. The molecule has 0 aliphatic rings. The Hall–Kier alpha value is -2.00. The van der Waals surface area contributed by atoms with Crippen molar-refractivity contribution in [3.63, 3.8) is 0 Å². The molecule has 2 heterocycles. The summed E-state index contributed by atoms with van der Waals surface area (Å²) in [5, 5.41) is 1.31. The van der Waals surface area contributed by atoms with Crippen molar-refractivity contribution in [2.45, 2.75) is 13.8 Å². The van der Waals surface area contributed by atoms with Crippen LogP contribution in [0, 0.1) is 13.8 Å². The Morgan fingerprint density at radius 3 is 2.58 bits per heavy atom. The largest absolute Gasteiger partial charge is 0.466 e. The Kier molecular flexibility index (Phi) is 2.72. The zero-order chi connectivity index (χ0) is 13.6. The highest BCUT2D eigenvalue weighted by Crippen LogP contribution is 2.28. The van der Waals surface area contributed by atoms with Gasteiger partial charge in [-0.1, -0.05) is 23.7 Å². The molecule has 0 aliphatic carbocycles. The molecule has 0 aliphatic heterocycles. The Balaban J connectivity index is 2.12. The lowest BCUT2D eigenvalue weighted by Gasteiger charge is -1.94. The van der Waals surface area contributed by atoms with Crippen LogP contribution >= 0.6 is 11.6 Å². The van der Waals surface area contributed by atoms with Crippen LogP contribution in [0.15, 0.2) is 39.2 Å². The first kappa shape index (κ1) is 12.1. The minimum absolute atomic E-state index is 0.193. The van der Waals surface area contributed by atoms with Gasteiger partial charge in [0.25, 0.3) is 0 Å². The van der Waals surface area contributed by atoms with Crippen molar-refractivity contribution >= 4 is 28.4 Å². The Bertz CT molecular complexity index is 780. The number of carbonyl (C=O) groups is 1. The summed E-state index contributed by atoms with van der Waals surface area (Å²) in [6.45, 7) is 3.56. The minimum Gasteiger partial charge on any atom is -0.466 e. The number of aryl methyl sites for hydroxylation is 2. The van der Waals surface area contributed by atoms with Crippen molar-refractivity contribution < 1.29 is 13.6 Å². The fourth-order valence-electron chi connectivity index (χ4n) is 2.13. The minimum atomic E-state index is -0.193. The molecule has 3 aromatic rings. The Morgan fingerprint density at radius 1 is 1.16 bits per heavy atom. The maximum absolute atomic E-state index is 12.4. The number of rotatable bonds is 2. The highest BCUT2D eigenvalue weighted by atomic mass is 35.5. The van der Waals surface area contributed by atoms with Gasteiger partial charge in [-0.25, -0.2) is 0 Å². The van der Waals surface area contributed by atoms with E-state index in [2.05, 4.69) is 0 Å². The van der Waals surface area contributed by atoms with E-state index in [4.69, 9.17) is 20.4 Å². The normalized spacial score (nSPS) is 11.1. The molecule has 96 valence electrons. The number of ketones is 1. The number of benzene rings is 1. The van der Waals surface area contributed by atoms with Gasteiger partial charge in [0.1, 0.15) is 11.5 Å². The molecule has 0 saturated carbocycles. The molecule has 0 atom stereocenters. The van der Waals surface area contributed by atoms with Gasteiger partial charge in [0.15, 0.2) is 11.3 Å². The van der Waals surface area contributed by atoms with Gasteiger partial charge in [0.05, 0.1) is 10.6 Å². The van der Waals surface area contributed by atoms with E-state index in [1.54, 1.807) is 32.0 Å². The Labute approximate surface area is 114 Å². The van der Waals surface area contributed by atoms with E-state index in [0.717, 1.165) is 5.39 Å². The van der Waals surface area contributed by atoms with Crippen molar-refractivity contribution in [2.75, 3.05) is 0 Å². The quantitative estimate of drug-likeness (QED) is 0.645. The van der Waals surface area contributed by atoms with Crippen LogP contribution in [0.5, 0.6) is 0 Å². The molecule has 0 unspecified atom stereocenters. The van der Waals surface area contributed by atoms with Crippen molar-refractivity contribution in [2.24, 2.45) is 0 Å². The average molecular weight is 275 g/mol. The van der Waals surface area contributed by atoms with Crippen LogP contribution in [0.2, 0.25) is 5.02 Å². The summed E-state index contributed by atoms with van der Waals surface area (Å²) in [6.07, 6.45) is 0. The predicted octanol–water partition coefficient (Wildman–Crippen LogP) is 4.53. The van der Waals surface area contributed by atoms with Crippen LogP contribution in [0.25, 0.3) is 11.0 Å². The van der Waals surface area contributed by atoms with Crippen molar-refractivity contribution in [1.29, 1.82) is 0 Å². The molecule has 0 radical (unpaired) electrons. The molecular formula is C15H11ClO3. The lowest BCUT2D eigenvalue weighted by Crippen LogP contribution is -1.99. The summed E-state index contributed by atoms with van der Waals surface area (Å²) < 4.78 is 10.9. The van der Waals surface area contributed by atoms with Crippen molar-refractivity contribution in [3.05, 3.63) is 58.2 Å². The fraction of sp³-hybridized carbons (Fsp3) is 0.133. The summed E-state index contributed by atoms with van der Waals surface area (Å²) in [5.74, 6) is 1.37. The van der Waals surface area contributed by atoms with Gasteiger partial charge in [-0.15, -0.1) is 0 Å². The van der Waals surface area contributed by atoms with Gasteiger partial charge in [-0.3, -0.25) is 4.79 Å². The van der Waals surface area contributed by atoms with E-state index in [-0.39, 0.29) is 11.5 Å².